The van der Waals surface area contributed by atoms with Gasteiger partial charge >= 0.3 is 0 Å². The molecule has 0 bridgehead atoms. The fourth-order valence-corrected chi connectivity index (χ4v) is 2.66. The number of fused-ring (bicyclic) bond motifs is 1. The summed E-state index contributed by atoms with van der Waals surface area (Å²) < 4.78 is 17.8. The van der Waals surface area contributed by atoms with Crippen LogP contribution in [-0.2, 0) is 14.2 Å². The van der Waals surface area contributed by atoms with Gasteiger partial charge in [0.05, 0.1) is 19.0 Å². The molecule has 114 valence electrons. The van der Waals surface area contributed by atoms with Crippen molar-refractivity contribution in [3.8, 4) is 0 Å². The smallest absolute Gasteiger partial charge is 0.185 e. The molecule has 0 saturated carbocycles. The van der Waals surface area contributed by atoms with Gasteiger partial charge in [0.2, 0.25) is 0 Å². The molecule has 1 aliphatic rings. The van der Waals surface area contributed by atoms with Crippen molar-refractivity contribution >= 4 is 17.0 Å². The minimum absolute atomic E-state index is 0.179. The van der Waals surface area contributed by atoms with Crippen LogP contribution in [0.5, 0.6) is 0 Å². The first-order chi connectivity index (χ1) is 10.2. The normalized spacial score (nSPS) is 26.0. The van der Waals surface area contributed by atoms with Crippen LogP contribution in [0.1, 0.15) is 6.04 Å². The molecular formula is C12H17N5O4. The molecule has 0 spiro atoms. The van der Waals surface area contributed by atoms with Gasteiger partial charge < -0.3 is 29.6 Å². The van der Waals surface area contributed by atoms with Crippen molar-refractivity contribution in [2.75, 3.05) is 26.6 Å². The molecule has 0 aromatic carbocycles. The molecule has 3 N–H and O–H groups in total. The molecule has 1 saturated heterocycles. The zero-order valence-corrected chi connectivity index (χ0v) is 11.7. The lowest BCUT2D eigenvalue weighted by Gasteiger charge is -2.27. The number of aromatic nitrogens is 4. The monoisotopic (exact) mass is 295 g/mol. The third kappa shape index (κ3) is 2.23. The molecule has 9 nitrogen and oxygen atoms in total. The summed E-state index contributed by atoms with van der Waals surface area (Å²) in [6.45, 7) is 0.179. The summed E-state index contributed by atoms with van der Waals surface area (Å²) in [4.78, 5) is 12.3. The van der Waals surface area contributed by atoms with Crippen molar-refractivity contribution in [1.29, 1.82) is 0 Å². The zero-order chi connectivity index (χ0) is 15.0. The van der Waals surface area contributed by atoms with E-state index in [0.717, 1.165) is 0 Å². The third-order valence-electron chi connectivity index (χ3n) is 3.63. The minimum Gasteiger partial charge on any atom is -0.388 e. The van der Waals surface area contributed by atoms with Gasteiger partial charge in [0.15, 0.2) is 17.8 Å². The number of methoxy groups -OCH3 is 2. The van der Waals surface area contributed by atoms with Gasteiger partial charge in [-0.15, -0.1) is 0 Å². The molecule has 3 rings (SSSR count). The van der Waals surface area contributed by atoms with E-state index >= 15 is 0 Å². The van der Waals surface area contributed by atoms with Gasteiger partial charge in [-0.05, 0) is 0 Å². The summed E-state index contributed by atoms with van der Waals surface area (Å²) in [7, 11) is 3.04. The first kappa shape index (κ1) is 14.1. The van der Waals surface area contributed by atoms with E-state index in [1.165, 1.54) is 20.5 Å². The van der Waals surface area contributed by atoms with E-state index in [1.54, 1.807) is 10.9 Å². The van der Waals surface area contributed by atoms with E-state index in [9.17, 15) is 5.11 Å². The highest BCUT2D eigenvalue weighted by molar-refractivity contribution is 5.81. The summed E-state index contributed by atoms with van der Waals surface area (Å²) >= 11 is 0. The maximum Gasteiger partial charge on any atom is 0.185 e. The predicted octanol–water partition coefficient (Wildman–Crippen LogP) is -0.672. The standard InChI is InChI=1S/C12H17N5O4/c1-19-12(20-2)9-8(6(18)3-21-9)17-5-16-7-10(13)14-4-15-11(7)17/h4-6,8-9,12,18H,3H2,1-2H3,(H2,13,14,15)/t6-,8-,9+/m0/s1. The minimum atomic E-state index is -0.726. The van der Waals surface area contributed by atoms with Crippen molar-refractivity contribution in [2.24, 2.45) is 0 Å². The molecule has 2 aromatic heterocycles. The van der Waals surface area contributed by atoms with Crippen molar-refractivity contribution in [1.82, 2.24) is 19.5 Å². The number of imidazole rings is 1. The van der Waals surface area contributed by atoms with E-state index in [4.69, 9.17) is 19.9 Å². The topological polar surface area (TPSA) is 118 Å². The Morgan fingerprint density at radius 2 is 2.14 bits per heavy atom. The Kier molecular flexibility index (Phi) is 3.72. The summed E-state index contributed by atoms with van der Waals surface area (Å²) in [5.74, 6) is 0.290. The number of anilines is 1. The quantitative estimate of drug-likeness (QED) is 0.713. The molecule has 0 radical (unpaired) electrons. The zero-order valence-electron chi connectivity index (χ0n) is 11.7. The number of rotatable bonds is 4. The Labute approximate surface area is 120 Å². The molecule has 1 aliphatic heterocycles. The molecule has 3 atom stereocenters. The molecule has 2 aromatic rings. The summed E-state index contributed by atoms with van der Waals surface area (Å²) in [6, 6.07) is -0.436. The molecular weight excluding hydrogens is 278 g/mol. The van der Waals surface area contributed by atoms with Gasteiger partial charge in [0.25, 0.3) is 0 Å². The van der Waals surface area contributed by atoms with Crippen molar-refractivity contribution in [3.05, 3.63) is 12.7 Å². The van der Waals surface area contributed by atoms with Gasteiger partial charge in [-0.1, -0.05) is 0 Å². The summed E-state index contributed by atoms with van der Waals surface area (Å²) in [6.07, 6.45) is 1.11. The summed E-state index contributed by atoms with van der Waals surface area (Å²) in [5, 5.41) is 10.2. The number of hydrogen-bond donors (Lipinski definition) is 2. The molecule has 21 heavy (non-hydrogen) atoms. The van der Waals surface area contributed by atoms with Gasteiger partial charge in [-0.25, -0.2) is 15.0 Å². The lowest BCUT2D eigenvalue weighted by atomic mass is 10.1. The number of nitrogens with two attached hydrogens (primary N) is 1. The lowest BCUT2D eigenvalue weighted by Crippen LogP contribution is -2.38. The van der Waals surface area contributed by atoms with E-state index in [1.807, 2.05) is 0 Å². The first-order valence-electron chi connectivity index (χ1n) is 6.45. The predicted molar refractivity (Wildman–Crippen MR) is 72.3 cm³/mol. The van der Waals surface area contributed by atoms with Crippen LogP contribution in [0.4, 0.5) is 5.82 Å². The maximum absolute atomic E-state index is 10.2. The number of hydrogen-bond acceptors (Lipinski definition) is 8. The van der Waals surface area contributed by atoms with Crippen molar-refractivity contribution < 1.29 is 19.3 Å². The average Bonchev–Trinajstić information content (AvgIpc) is 3.05. The van der Waals surface area contributed by atoms with Gasteiger partial charge in [0.1, 0.15) is 24.1 Å². The van der Waals surface area contributed by atoms with Crippen LogP contribution >= 0.6 is 0 Å². The Hall–Kier alpha value is -1.81. The number of ether oxygens (including phenoxy) is 3. The Balaban J connectivity index is 2.04. The Morgan fingerprint density at radius 3 is 2.86 bits per heavy atom. The van der Waals surface area contributed by atoms with Gasteiger partial charge in [0, 0.05) is 14.2 Å². The van der Waals surface area contributed by atoms with Crippen molar-refractivity contribution in [3.63, 3.8) is 0 Å². The van der Waals surface area contributed by atoms with Gasteiger partial charge in [-0.2, -0.15) is 0 Å². The van der Waals surface area contributed by atoms with E-state index in [0.29, 0.717) is 17.0 Å². The van der Waals surface area contributed by atoms with Crippen LogP contribution in [0.2, 0.25) is 0 Å². The van der Waals surface area contributed by atoms with Crippen LogP contribution in [0.25, 0.3) is 11.2 Å². The van der Waals surface area contributed by atoms with E-state index in [2.05, 4.69) is 15.0 Å². The lowest BCUT2D eigenvalue weighted by molar-refractivity contribution is -0.174. The number of aliphatic hydroxyl groups excluding tert-OH is 1. The molecule has 0 aliphatic carbocycles. The highest BCUT2D eigenvalue weighted by atomic mass is 16.7. The Morgan fingerprint density at radius 1 is 1.38 bits per heavy atom. The summed E-state index contributed by atoms with van der Waals surface area (Å²) in [5.41, 5.74) is 6.80. The number of aliphatic hydroxyl groups is 1. The highest BCUT2D eigenvalue weighted by Crippen LogP contribution is 2.32. The fraction of sp³-hybridized carbons (Fsp3) is 0.583. The van der Waals surface area contributed by atoms with Crippen LogP contribution < -0.4 is 5.73 Å². The third-order valence-corrected chi connectivity index (χ3v) is 3.63. The van der Waals surface area contributed by atoms with E-state index in [-0.39, 0.29) is 6.61 Å². The molecule has 0 unspecified atom stereocenters. The second-order valence-electron chi connectivity index (χ2n) is 4.78. The number of nitrogen functional groups attached to an aromatic ring is 1. The molecule has 1 fully saturated rings. The maximum atomic E-state index is 10.2. The second-order valence-corrected chi connectivity index (χ2v) is 4.78. The SMILES string of the molecule is COC(OC)[C@@H]1OC[C@H](O)[C@@H]1n1cnc2c(N)ncnc21. The first-order valence-corrected chi connectivity index (χ1v) is 6.45. The largest absolute Gasteiger partial charge is 0.388 e. The number of nitrogens with zero attached hydrogens (tertiary/aromatic N) is 4. The van der Waals surface area contributed by atoms with Crippen LogP contribution in [0, 0.1) is 0 Å². The van der Waals surface area contributed by atoms with Crippen molar-refractivity contribution in [2.45, 2.75) is 24.5 Å². The average molecular weight is 295 g/mol. The molecule has 3 heterocycles. The fourth-order valence-electron chi connectivity index (χ4n) is 2.66. The van der Waals surface area contributed by atoms with E-state index < -0.39 is 24.5 Å². The molecule has 0 amide bonds. The highest BCUT2D eigenvalue weighted by Gasteiger charge is 2.43. The Bertz CT molecular complexity index is 629. The van der Waals surface area contributed by atoms with Crippen LogP contribution in [0.3, 0.4) is 0 Å². The second kappa shape index (κ2) is 5.53. The molecule has 9 heteroatoms. The van der Waals surface area contributed by atoms with Gasteiger partial charge in [-0.3, -0.25) is 0 Å². The van der Waals surface area contributed by atoms with Crippen LogP contribution in [-0.4, -0.2) is 63.9 Å². The van der Waals surface area contributed by atoms with Crippen LogP contribution in [0.15, 0.2) is 12.7 Å².